The molecule has 0 spiro atoms. The first-order chi connectivity index (χ1) is 13.4. The quantitative estimate of drug-likeness (QED) is 0.347. The van der Waals surface area contributed by atoms with Crippen LogP contribution in [0.25, 0.3) is 0 Å². The Morgan fingerprint density at radius 1 is 1.18 bits per heavy atom. The Balaban J connectivity index is 1.83. The first kappa shape index (κ1) is 22.2. The Hall–Kier alpha value is -2.11. The molecule has 28 heavy (non-hydrogen) atoms. The molecule has 2 aromatic rings. The lowest BCUT2D eigenvalue weighted by Gasteiger charge is -2.10. The van der Waals surface area contributed by atoms with Gasteiger partial charge in [0.2, 0.25) is 16.9 Å². The van der Waals surface area contributed by atoms with Crippen LogP contribution in [0.4, 0.5) is 10.8 Å². The molecule has 2 rings (SSSR count). The van der Waals surface area contributed by atoms with Gasteiger partial charge in [-0.3, -0.25) is 19.7 Å². The summed E-state index contributed by atoms with van der Waals surface area (Å²) >= 11 is 3.81. The summed E-state index contributed by atoms with van der Waals surface area (Å²) in [6, 6.07) is 7.25. The molecule has 0 radical (unpaired) electrons. The first-order valence-electron chi connectivity index (χ1n) is 8.34. The van der Waals surface area contributed by atoms with Gasteiger partial charge in [-0.05, 0) is 38.1 Å². The van der Waals surface area contributed by atoms with Crippen molar-refractivity contribution >= 4 is 63.5 Å². The number of esters is 1. The minimum absolute atomic E-state index is 0.134. The number of benzene rings is 1. The maximum atomic E-state index is 12.4. The zero-order valence-electron chi connectivity index (χ0n) is 15.6. The fourth-order valence-electron chi connectivity index (χ4n) is 1.93. The zero-order chi connectivity index (χ0) is 20.5. The third-order valence-electron chi connectivity index (χ3n) is 3.11. The van der Waals surface area contributed by atoms with Gasteiger partial charge in [-0.15, -0.1) is 22.0 Å². The van der Waals surface area contributed by atoms with E-state index in [0.29, 0.717) is 21.8 Å². The Morgan fingerprint density at radius 2 is 1.89 bits per heavy atom. The van der Waals surface area contributed by atoms with Crippen LogP contribution < -0.4 is 10.6 Å². The number of nitrogens with zero attached hydrogens (tertiary/aromatic N) is 2. The van der Waals surface area contributed by atoms with Gasteiger partial charge in [0.15, 0.2) is 4.34 Å². The van der Waals surface area contributed by atoms with Crippen LogP contribution in [-0.4, -0.2) is 45.6 Å². The van der Waals surface area contributed by atoms with Crippen molar-refractivity contribution in [2.24, 2.45) is 0 Å². The third-order valence-corrected chi connectivity index (χ3v) is 6.17. The molecule has 0 aliphatic heterocycles. The van der Waals surface area contributed by atoms with Crippen molar-refractivity contribution in [3.8, 4) is 0 Å². The van der Waals surface area contributed by atoms with Gasteiger partial charge < -0.3 is 10.1 Å². The summed E-state index contributed by atoms with van der Waals surface area (Å²) in [6.45, 7) is 5.32. The van der Waals surface area contributed by atoms with Crippen LogP contribution in [0.15, 0.2) is 33.5 Å². The summed E-state index contributed by atoms with van der Waals surface area (Å²) in [5, 5.41) is 13.3. The lowest BCUT2D eigenvalue weighted by molar-refractivity contribution is -0.139. The number of thioether (sulfide) groups is 2. The number of rotatable bonds is 9. The van der Waals surface area contributed by atoms with E-state index in [0.717, 1.165) is 4.90 Å². The number of ether oxygens (including phenoxy) is 1. The van der Waals surface area contributed by atoms with E-state index in [9.17, 15) is 14.4 Å². The molecule has 8 nitrogen and oxygen atoms in total. The van der Waals surface area contributed by atoms with E-state index in [2.05, 4.69) is 20.8 Å². The van der Waals surface area contributed by atoms with Crippen LogP contribution in [-0.2, 0) is 19.1 Å². The number of hydrogen-bond donors (Lipinski definition) is 2. The number of amides is 2. The monoisotopic (exact) mass is 440 g/mol. The molecule has 0 saturated carbocycles. The highest BCUT2D eigenvalue weighted by molar-refractivity contribution is 8.01. The van der Waals surface area contributed by atoms with E-state index in [-0.39, 0.29) is 28.8 Å². The van der Waals surface area contributed by atoms with Gasteiger partial charge in [-0.2, -0.15) is 0 Å². The average Bonchev–Trinajstić information content (AvgIpc) is 3.09. The van der Waals surface area contributed by atoms with Gasteiger partial charge in [0.05, 0.1) is 17.6 Å². The highest BCUT2D eigenvalue weighted by Crippen LogP contribution is 2.28. The molecule has 1 aromatic carbocycles. The zero-order valence-corrected chi connectivity index (χ0v) is 18.0. The van der Waals surface area contributed by atoms with Crippen molar-refractivity contribution in [2.45, 2.75) is 35.3 Å². The Labute approximate surface area is 175 Å². The highest BCUT2D eigenvalue weighted by Gasteiger charge is 2.17. The summed E-state index contributed by atoms with van der Waals surface area (Å²) in [6.07, 6.45) is 0. The normalized spacial score (nSPS) is 11.5. The largest absolute Gasteiger partial charge is 0.465 e. The number of hydrogen-bond acceptors (Lipinski definition) is 9. The van der Waals surface area contributed by atoms with Gasteiger partial charge in [0, 0.05) is 17.5 Å². The van der Waals surface area contributed by atoms with E-state index in [4.69, 9.17) is 4.74 Å². The first-order valence-corrected chi connectivity index (χ1v) is 11.0. The van der Waals surface area contributed by atoms with Crippen molar-refractivity contribution < 1.29 is 19.1 Å². The number of carbonyl (C=O) groups is 3. The predicted molar refractivity (Wildman–Crippen MR) is 112 cm³/mol. The van der Waals surface area contributed by atoms with Crippen LogP contribution >= 0.6 is 34.9 Å². The molecular formula is C17H20N4O4S3. The predicted octanol–water partition coefficient (Wildman–Crippen LogP) is 3.27. The molecule has 1 aromatic heterocycles. The van der Waals surface area contributed by atoms with Crippen LogP contribution in [0, 0.1) is 0 Å². The minimum Gasteiger partial charge on any atom is -0.465 e. The van der Waals surface area contributed by atoms with Crippen molar-refractivity contribution in [3.05, 3.63) is 24.3 Å². The smallest absolute Gasteiger partial charge is 0.316 e. The second-order valence-corrected chi connectivity index (χ2v) is 9.04. The number of carbonyl (C=O) groups excluding carboxylic acids is 3. The van der Waals surface area contributed by atoms with Crippen molar-refractivity contribution in [1.29, 1.82) is 0 Å². The topological polar surface area (TPSA) is 110 Å². The van der Waals surface area contributed by atoms with Gasteiger partial charge in [-0.1, -0.05) is 23.1 Å². The Morgan fingerprint density at radius 3 is 2.54 bits per heavy atom. The van der Waals surface area contributed by atoms with E-state index in [1.807, 2.05) is 12.1 Å². The average molecular weight is 441 g/mol. The SMILES string of the molecule is CCOC(=O)CSc1nnc(NC(=O)C(C)Sc2ccc(NC(C)=O)cc2)s1. The molecule has 1 unspecified atom stereocenters. The maximum absolute atomic E-state index is 12.4. The van der Waals surface area contributed by atoms with E-state index >= 15 is 0 Å². The molecular weight excluding hydrogens is 420 g/mol. The van der Waals surface area contributed by atoms with E-state index in [1.165, 1.54) is 41.8 Å². The van der Waals surface area contributed by atoms with Crippen LogP contribution in [0.1, 0.15) is 20.8 Å². The maximum Gasteiger partial charge on any atom is 0.316 e. The van der Waals surface area contributed by atoms with E-state index in [1.54, 1.807) is 26.0 Å². The van der Waals surface area contributed by atoms with Gasteiger partial charge in [0.25, 0.3) is 0 Å². The molecule has 0 bridgehead atoms. The minimum atomic E-state index is -0.355. The lowest BCUT2D eigenvalue weighted by atomic mass is 10.3. The highest BCUT2D eigenvalue weighted by atomic mass is 32.2. The molecule has 0 aliphatic rings. The molecule has 0 saturated heterocycles. The van der Waals surface area contributed by atoms with Gasteiger partial charge in [0.1, 0.15) is 0 Å². The summed E-state index contributed by atoms with van der Waals surface area (Å²) in [5.41, 5.74) is 0.704. The summed E-state index contributed by atoms with van der Waals surface area (Å²) < 4.78 is 5.43. The number of nitrogens with one attached hydrogen (secondary N) is 2. The van der Waals surface area contributed by atoms with Gasteiger partial charge in [-0.25, -0.2) is 0 Å². The molecule has 1 atom stereocenters. The standard InChI is InChI=1S/C17H20N4O4S3/c1-4-25-14(23)9-26-17-21-20-16(28-17)19-15(24)10(2)27-13-7-5-12(6-8-13)18-11(3)22/h5-8,10H,4,9H2,1-3H3,(H,18,22)(H,19,20,24). The van der Waals surface area contributed by atoms with E-state index < -0.39 is 0 Å². The summed E-state index contributed by atoms with van der Waals surface area (Å²) in [5.74, 6) is -0.501. The van der Waals surface area contributed by atoms with Crippen LogP contribution in [0.2, 0.25) is 0 Å². The molecule has 2 amide bonds. The summed E-state index contributed by atoms with van der Waals surface area (Å²) in [7, 11) is 0. The molecule has 0 aliphatic carbocycles. The number of aromatic nitrogens is 2. The van der Waals surface area contributed by atoms with Crippen LogP contribution in [0.5, 0.6) is 0 Å². The van der Waals surface area contributed by atoms with Gasteiger partial charge >= 0.3 is 5.97 Å². The molecule has 0 fully saturated rings. The third kappa shape index (κ3) is 7.49. The van der Waals surface area contributed by atoms with Crippen molar-refractivity contribution in [1.82, 2.24) is 10.2 Å². The Kier molecular flexibility index (Phi) is 8.74. The second-order valence-electron chi connectivity index (χ2n) is 5.42. The fourth-order valence-corrected chi connectivity index (χ4v) is 4.35. The molecule has 2 N–H and O–H groups in total. The lowest BCUT2D eigenvalue weighted by Crippen LogP contribution is -2.22. The molecule has 1 heterocycles. The fraction of sp³-hybridized carbons (Fsp3) is 0.353. The van der Waals surface area contributed by atoms with Crippen molar-refractivity contribution in [3.63, 3.8) is 0 Å². The second kappa shape index (κ2) is 11.0. The Bertz CT molecular complexity index is 826. The molecule has 150 valence electrons. The number of anilines is 2. The van der Waals surface area contributed by atoms with Crippen LogP contribution in [0.3, 0.4) is 0 Å². The van der Waals surface area contributed by atoms with Crippen molar-refractivity contribution in [2.75, 3.05) is 23.0 Å². The molecule has 11 heteroatoms. The summed E-state index contributed by atoms with van der Waals surface area (Å²) in [4.78, 5) is 35.7.